The molecule has 0 bridgehead atoms. The van der Waals surface area contributed by atoms with E-state index in [4.69, 9.17) is 4.74 Å². The third-order valence-corrected chi connectivity index (χ3v) is 12.0. The van der Waals surface area contributed by atoms with Crippen LogP contribution in [-0.2, 0) is 10.3 Å². The fourth-order valence-electron chi connectivity index (χ4n) is 10.4. The van der Waals surface area contributed by atoms with Crippen LogP contribution in [0.25, 0.3) is 76.5 Å². The molecule has 8 aromatic carbocycles. The van der Waals surface area contributed by atoms with E-state index in [1.54, 1.807) is 0 Å². The molecule has 0 unspecified atom stereocenters. The van der Waals surface area contributed by atoms with Crippen molar-refractivity contribution in [3.8, 4) is 0 Å². The van der Waals surface area contributed by atoms with E-state index in [0.29, 0.717) is 5.56 Å². The maximum absolute atomic E-state index is 14.8. The summed E-state index contributed by atoms with van der Waals surface area (Å²) in [6, 6.07) is 52.5. The number of carbonyl (C=O) groups is 1. The quantitative estimate of drug-likeness (QED) is 0.156. The van der Waals surface area contributed by atoms with E-state index in [1.807, 2.05) is 12.1 Å². The molecule has 1 spiro atoms. The largest absolute Gasteiger partial charge is 0.440 e. The van der Waals surface area contributed by atoms with E-state index < -0.39 is 5.60 Å². The Kier molecular flexibility index (Phi) is 4.27. The molecule has 2 heteroatoms. The first-order valence-electron chi connectivity index (χ1n) is 17.3. The number of hydrogen-bond acceptors (Lipinski definition) is 2. The SMILES string of the molecule is O=C1OC2(C3=C(C4=C(C5=C2c2cccc6cccc5c26)c2cccc5cccc4c25)c2cccc4cccc3c24)c2cccc3cccc1c23. The lowest BCUT2D eigenvalue weighted by atomic mass is 9.70. The Morgan fingerprint density at radius 1 is 0.340 bits per heavy atom. The zero-order chi connectivity index (χ0) is 32.5. The number of benzene rings is 8. The van der Waals surface area contributed by atoms with Crippen molar-refractivity contribution in [2.45, 2.75) is 5.60 Å². The van der Waals surface area contributed by atoms with Crippen LogP contribution in [0.3, 0.4) is 0 Å². The molecule has 2 nitrogen and oxygen atoms in total. The molecular weight excluding hydrogens is 609 g/mol. The topological polar surface area (TPSA) is 26.3 Å². The molecule has 0 saturated carbocycles. The van der Waals surface area contributed by atoms with Gasteiger partial charge in [-0.1, -0.05) is 140 Å². The number of allylic oxidation sites excluding steroid dienone is 4. The highest BCUT2D eigenvalue weighted by Crippen LogP contribution is 2.70. The normalized spacial score (nSPS) is 16.9. The summed E-state index contributed by atoms with van der Waals surface area (Å²) in [6.07, 6.45) is 0. The molecule has 0 amide bonds. The minimum absolute atomic E-state index is 0.288. The van der Waals surface area contributed by atoms with Crippen LogP contribution in [0.15, 0.2) is 146 Å². The molecule has 0 atom stereocenters. The van der Waals surface area contributed by atoms with E-state index in [1.165, 1.54) is 76.9 Å². The highest BCUT2D eigenvalue weighted by Gasteiger charge is 2.57. The summed E-state index contributed by atoms with van der Waals surface area (Å²) in [5.41, 5.74) is 14.4. The van der Waals surface area contributed by atoms with Crippen molar-refractivity contribution in [3.05, 3.63) is 190 Å². The van der Waals surface area contributed by atoms with Gasteiger partial charge in [-0.15, -0.1) is 0 Å². The van der Waals surface area contributed by atoms with Gasteiger partial charge in [0, 0.05) is 22.1 Å². The van der Waals surface area contributed by atoms with Crippen molar-refractivity contribution in [2.75, 3.05) is 0 Å². The lowest BCUT2D eigenvalue weighted by Crippen LogP contribution is -2.38. The Morgan fingerprint density at radius 3 is 1.14 bits per heavy atom. The second-order valence-electron chi connectivity index (χ2n) is 14.2. The molecule has 0 saturated heterocycles. The Hall–Kier alpha value is -6.51. The van der Waals surface area contributed by atoms with Crippen LogP contribution < -0.4 is 0 Å². The summed E-state index contributed by atoms with van der Waals surface area (Å²) in [5, 5.41) is 9.34. The number of fused-ring (bicyclic) bond motifs is 11. The van der Waals surface area contributed by atoms with Crippen LogP contribution in [0, 0.1) is 0 Å². The molecule has 8 aromatic rings. The fraction of sp³-hybridized carbons (Fsp3) is 0.0208. The van der Waals surface area contributed by atoms with Crippen molar-refractivity contribution in [2.24, 2.45) is 0 Å². The second kappa shape index (κ2) is 8.37. The lowest BCUT2D eigenvalue weighted by Gasteiger charge is -2.42. The second-order valence-corrected chi connectivity index (χ2v) is 14.2. The Bertz CT molecular complexity index is 2960. The van der Waals surface area contributed by atoms with E-state index in [9.17, 15) is 4.79 Å². The van der Waals surface area contributed by atoms with Crippen LogP contribution in [0.5, 0.6) is 0 Å². The molecule has 1 aliphatic heterocycles. The van der Waals surface area contributed by atoms with E-state index in [-0.39, 0.29) is 5.97 Å². The van der Waals surface area contributed by atoms with Gasteiger partial charge >= 0.3 is 5.97 Å². The molecule has 228 valence electrons. The molecule has 1 heterocycles. The van der Waals surface area contributed by atoms with Gasteiger partial charge in [0.1, 0.15) is 0 Å². The van der Waals surface area contributed by atoms with Gasteiger partial charge in [0.05, 0.1) is 5.56 Å². The summed E-state index contributed by atoms with van der Waals surface area (Å²) < 4.78 is 7.31. The first kappa shape index (κ1) is 25.5. The Morgan fingerprint density at radius 2 is 0.680 bits per heavy atom. The third-order valence-electron chi connectivity index (χ3n) is 12.0. The number of esters is 1. The maximum atomic E-state index is 14.8. The highest BCUT2D eigenvalue weighted by atomic mass is 16.6. The van der Waals surface area contributed by atoms with E-state index >= 15 is 0 Å². The minimum Gasteiger partial charge on any atom is -0.440 e. The van der Waals surface area contributed by atoms with Crippen LogP contribution in [-0.4, -0.2) is 5.97 Å². The van der Waals surface area contributed by atoms with Gasteiger partial charge in [-0.25, -0.2) is 4.79 Å². The summed E-state index contributed by atoms with van der Waals surface area (Å²) in [4.78, 5) is 14.8. The average molecular weight is 633 g/mol. The van der Waals surface area contributed by atoms with E-state index in [2.05, 4.69) is 133 Å². The fourth-order valence-corrected chi connectivity index (χ4v) is 10.4. The molecular formula is C48H24O2. The van der Waals surface area contributed by atoms with Crippen LogP contribution in [0.1, 0.15) is 49.3 Å². The average Bonchev–Trinajstić information content (AvgIpc) is 3.76. The van der Waals surface area contributed by atoms with Crippen molar-refractivity contribution in [3.63, 3.8) is 0 Å². The van der Waals surface area contributed by atoms with Crippen molar-refractivity contribution >= 4 is 82.5 Å². The Balaban J connectivity index is 1.34. The zero-order valence-electron chi connectivity index (χ0n) is 26.7. The lowest BCUT2D eigenvalue weighted by molar-refractivity contribution is 0.0241. The zero-order valence-corrected chi connectivity index (χ0v) is 26.7. The molecule has 0 fully saturated rings. The summed E-state index contributed by atoms with van der Waals surface area (Å²) in [6.45, 7) is 0. The first-order valence-corrected chi connectivity index (χ1v) is 17.3. The third kappa shape index (κ3) is 2.64. The van der Waals surface area contributed by atoms with Crippen molar-refractivity contribution < 1.29 is 9.53 Å². The predicted octanol–water partition coefficient (Wildman–Crippen LogP) is 11.5. The van der Waals surface area contributed by atoms with Gasteiger partial charge in [0.15, 0.2) is 5.60 Å². The molecule has 0 N–H and O–H groups in total. The predicted molar refractivity (Wildman–Crippen MR) is 203 cm³/mol. The summed E-state index contributed by atoms with van der Waals surface area (Å²) >= 11 is 0. The van der Waals surface area contributed by atoms with Gasteiger partial charge in [-0.3, -0.25) is 0 Å². The summed E-state index contributed by atoms with van der Waals surface area (Å²) in [7, 11) is 0. The summed E-state index contributed by atoms with van der Waals surface area (Å²) in [5.74, 6) is -0.288. The smallest absolute Gasteiger partial charge is 0.340 e. The highest BCUT2D eigenvalue weighted by molar-refractivity contribution is 6.47. The number of carbonyl (C=O) groups excluding carboxylic acids is 1. The van der Waals surface area contributed by atoms with Gasteiger partial charge in [0.25, 0.3) is 0 Å². The number of rotatable bonds is 0. The number of ether oxygens (including phenoxy) is 1. The molecule has 50 heavy (non-hydrogen) atoms. The first-order chi connectivity index (χ1) is 24.7. The van der Waals surface area contributed by atoms with Crippen LogP contribution in [0.2, 0.25) is 0 Å². The van der Waals surface area contributed by atoms with Crippen LogP contribution in [0.4, 0.5) is 0 Å². The molecule has 0 radical (unpaired) electrons. The molecule has 5 aliphatic rings. The van der Waals surface area contributed by atoms with Gasteiger partial charge in [-0.05, 0) is 99.4 Å². The van der Waals surface area contributed by atoms with Crippen molar-refractivity contribution in [1.82, 2.24) is 0 Å². The van der Waals surface area contributed by atoms with Crippen molar-refractivity contribution in [1.29, 1.82) is 0 Å². The van der Waals surface area contributed by atoms with Crippen LogP contribution >= 0.6 is 0 Å². The monoisotopic (exact) mass is 632 g/mol. The molecule has 0 aromatic heterocycles. The molecule has 13 rings (SSSR count). The maximum Gasteiger partial charge on any atom is 0.340 e. The minimum atomic E-state index is -1.23. The van der Waals surface area contributed by atoms with Gasteiger partial charge in [0.2, 0.25) is 0 Å². The van der Waals surface area contributed by atoms with Gasteiger partial charge < -0.3 is 4.74 Å². The number of hydrogen-bond donors (Lipinski definition) is 0. The Labute approximate surface area is 286 Å². The van der Waals surface area contributed by atoms with E-state index in [0.717, 1.165) is 38.6 Å². The van der Waals surface area contributed by atoms with Gasteiger partial charge in [-0.2, -0.15) is 0 Å². The standard InChI is InChI=1S/C48H24O2/c49-47-35-23-7-15-28-16-8-24-36(40(28)35)48(50-47)45-33-21-5-13-26-11-3-19-31(38(26)33)43(45)41-29-17-1-9-25-10-2-18-30(37(25)29)42(41)44-32-20-4-12-27-14-6-22-34(39(27)32)46(44)48/h1-24H. The molecule has 4 aliphatic carbocycles.